The average Bonchev–Trinajstić information content (AvgIpc) is 2.00. The Labute approximate surface area is 76.7 Å². The van der Waals surface area contributed by atoms with E-state index in [0.29, 0.717) is 13.0 Å². The second-order valence-corrected chi connectivity index (χ2v) is 2.16. The first kappa shape index (κ1) is 14.8. The zero-order valence-corrected chi connectivity index (χ0v) is 7.86. The Hall–Kier alpha value is -0.675. The van der Waals surface area contributed by atoms with E-state index < -0.39 is 7.54 Å². The zero-order chi connectivity index (χ0) is 10.7. The number of esters is 1. The summed E-state index contributed by atoms with van der Waals surface area (Å²) in [7, 11) is -3.67. The maximum absolute atomic E-state index is 10.6. The lowest BCUT2D eigenvalue weighted by atomic mass is 10.3. The van der Waals surface area contributed by atoms with Gasteiger partial charge in [-0.15, -0.1) is 0 Å². The molecule has 0 fully saturated rings. The van der Waals surface area contributed by atoms with Gasteiger partial charge in [-0.05, 0) is 13.3 Å². The van der Waals surface area contributed by atoms with Gasteiger partial charge in [-0.2, -0.15) is 0 Å². The van der Waals surface area contributed by atoms with Crippen LogP contribution >= 0.6 is 0 Å². The van der Waals surface area contributed by atoms with Crippen LogP contribution in [0.4, 0.5) is 12.9 Å². The molecule has 6 heteroatoms. The maximum Gasteiger partial charge on any atom is 0.762 e. The summed E-state index contributed by atoms with van der Waals surface area (Å²) >= 11 is 0. The van der Waals surface area contributed by atoms with Crippen LogP contribution in [0.3, 0.4) is 0 Å². The number of carbonyl (C=O) groups excluding carboxylic acids is 1. The van der Waals surface area contributed by atoms with Gasteiger partial charge in [0, 0.05) is 6.42 Å². The van der Waals surface area contributed by atoms with Crippen LogP contribution in [0, 0.1) is 0 Å². The number of hydrogen-bond acceptors (Lipinski definition) is 2. The van der Waals surface area contributed by atoms with E-state index in [1.807, 2.05) is 6.92 Å². The van der Waals surface area contributed by atoms with Crippen LogP contribution < -0.4 is 0 Å². The van der Waals surface area contributed by atoms with Gasteiger partial charge in [0.05, 0.1) is 6.61 Å². The van der Waals surface area contributed by atoms with Gasteiger partial charge in [0.1, 0.15) is 0 Å². The summed E-state index contributed by atoms with van der Waals surface area (Å²) in [5, 5.41) is 0. The first-order valence-electron chi connectivity index (χ1n) is 4.12. The maximum atomic E-state index is 10.6. The van der Waals surface area contributed by atoms with Gasteiger partial charge in [0.25, 0.3) is 0 Å². The third-order valence-corrected chi connectivity index (χ3v) is 1.04. The van der Waals surface area contributed by atoms with Crippen molar-refractivity contribution in [1.82, 2.24) is 0 Å². The molecule has 0 amide bonds. The largest absolute Gasteiger partial charge is 0.762 e. The molecular weight excluding hydrogens is 184 g/mol. The van der Waals surface area contributed by atoms with Crippen molar-refractivity contribution >= 4 is 13.5 Å². The Kier molecular flexibility index (Phi) is 12.9. The number of hydrogen-bond donors (Lipinski definition) is 0. The molecule has 78 valence electrons. The normalized spacial score (nSPS) is 8.38. The Morgan fingerprint density at radius 3 is 2.08 bits per heavy atom. The molecule has 0 atom stereocenters. The lowest BCUT2D eigenvalue weighted by Gasteiger charge is -1.97. The highest BCUT2D eigenvalue weighted by atomic mass is 19.4. The summed E-state index contributed by atoms with van der Waals surface area (Å²) in [5.74, 6) is -0.0700. The van der Waals surface area contributed by atoms with E-state index in [9.17, 15) is 17.7 Å². The Morgan fingerprint density at radius 2 is 1.77 bits per heavy atom. The van der Waals surface area contributed by atoms with Crippen LogP contribution in [0.2, 0.25) is 0 Å². The minimum Gasteiger partial charge on any atom is -0.466 e. The van der Waals surface area contributed by atoms with Crippen molar-refractivity contribution < 1.29 is 22.5 Å². The van der Waals surface area contributed by atoms with Crippen molar-refractivity contribution in [1.29, 1.82) is 0 Å². The molecule has 0 aromatic heterocycles. The fourth-order valence-electron chi connectivity index (χ4n) is 0.554. The van der Waals surface area contributed by atoms with Gasteiger partial charge >= 0.3 is 13.5 Å². The molecule has 0 aliphatic rings. The van der Waals surface area contributed by atoms with Crippen molar-refractivity contribution in [3.63, 3.8) is 0 Å². The van der Waals surface area contributed by atoms with E-state index in [4.69, 9.17) is 4.74 Å². The molecule has 0 unspecified atom stereocenters. The highest BCUT2D eigenvalue weighted by Crippen LogP contribution is 1.95. The molecule has 0 rings (SSSR count). The molecule has 0 aromatic rings. The van der Waals surface area contributed by atoms with Gasteiger partial charge in [0.15, 0.2) is 0 Å². The molecule has 0 aliphatic heterocycles. The van der Waals surface area contributed by atoms with Crippen molar-refractivity contribution in [3.05, 3.63) is 0 Å². The summed E-state index contributed by atoms with van der Waals surface area (Å²) in [6.45, 7) is 4.38. The molecule has 0 radical (unpaired) electrons. The third kappa shape index (κ3) is 24.6. The molecule has 0 saturated heterocycles. The quantitative estimate of drug-likeness (QED) is 0.512. The minimum absolute atomic E-state index is 0.0700. The van der Waals surface area contributed by atoms with Crippen LogP contribution in [0.1, 0.15) is 33.1 Å². The second kappa shape index (κ2) is 11.3. The highest BCUT2D eigenvalue weighted by molar-refractivity contribution is 6.33. The van der Waals surface area contributed by atoms with Crippen LogP contribution in [-0.2, 0) is 9.53 Å². The van der Waals surface area contributed by atoms with Crippen LogP contribution in [0.5, 0.6) is 0 Å². The predicted octanol–water partition coefficient (Wildman–Crippen LogP) is 2.62. The summed E-state index contributed by atoms with van der Waals surface area (Å²) in [6, 6.07) is 0. The molecule has 0 heterocycles. The van der Waals surface area contributed by atoms with E-state index in [2.05, 4.69) is 6.92 Å². The fraction of sp³-hybridized carbons (Fsp3) is 0.857. The van der Waals surface area contributed by atoms with Gasteiger partial charge in [-0.3, -0.25) is 17.7 Å². The number of halogens is 3. The summed E-state index contributed by atoms with van der Waals surface area (Å²) < 4.78 is 33.7. The van der Waals surface area contributed by atoms with Crippen molar-refractivity contribution in [2.24, 2.45) is 0 Å². The monoisotopic (exact) mass is 198 g/mol. The Balaban J connectivity index is 0. The topological polar surface area (TPSA) is 26.3 Å². The molecule has 2 nitrogen and oxygen atoms in total. The minimum atomic E-state index is -3.67. The Morgan fingerprint density at radius 1 is 1.31 bits per heavy atom. The van der Waals surface area contributed by atoms with E-state index in [0.717, 1.165) is 12.8 Å². The van der Waals surface area contributed by atoms with E-state index in [1.165, 1.54) is 0 Å². The first-order valence-corrected chi connectivity index (χ1v) is 4.12. The molecule has 0 aromatic carbocycles. The predicted molar refractivity (Wildman–Crippen MR) is 45.2 cm³/mol. The SMILES string of the molecule is CCCCC(=O)OCC.FB(F)F. The Bertz CT molecular complexity index is 120. The molecule has 0 aliphatic carbocycles. The van der Waals surface area contributed by atoms with Gasteiger partial charge in [0.2, 0.25) is 0 Å². The molecule has 0 spiro atoms. The fourth-order valence-corrected chi connectivity index (χ4v) is 0.554. The van der Waals surface area contributed by atoms with Crippen LogP contribution in [0.25, 0.3) is 0 Å². The average molecular weight is 198 g/mol. The van der Waals surface area contributed by atoms with E-state index in [1.54, 1.807) is 0 Å². The highest BCUT2D eigenvalue weighted by Gasteiger charge is 2.06. The lowest BCUT2D eigenvalue weighted by Crippen LogP contribution is -2.02. The van der Waals surface area contributed by atoms with Gasteiger partial charge in [-0.25, -0.2) is 0 Å². The van der Waals surface area contributed by atoms with Crippen molar-refractivity contribution in [2.45, 2.75) is 33.1 Å². The second-order valence-electron chi connectivity index (χ2n) is 2.16. The van der Waals surface area contributed by atoms with Crippen LogP contribution in [-0.4, -0.2) is 20.1 Å². The molecule has 0 saturated carbocycles. The third-order valence-electron chi connectivity index (χ3n) is 1.04. The first-order chi connectivity index (χ1) is 6.04. The smallest absolute Gasteiger partial charge is 0.466 e. The summed E-state index contributed by atoms with van der Waals surface area (Å²) in [5.41, 5.74) is 0. The number of rotatable bonds is 4. The number of unbranched alkanes of at least 4 members (excludes halogenated alkanes) is 1. The number of carbonyl (C=O) groups is 1. The van der Waals surface area contributed by atoms with Gasteiger partial charge in [-0.1, -0.05) is 13.3 Å². The lowest BCUT2D eigenvalue weighted by molar-refractivity contribution is -0.143. The zero-order valence-electron chi connectivity index (χ0n) is 7.86. The van der Waals surface area contributed by atoms with Gasteiger partial charge < -0.3 is 4.74 Å². The summed E-state index contributed by atoms with van der Waals surface area (Å²) in [4.78, 5) is 10.6. The van der Waals surface area contributed by atoms with E-state index >= 15 is 0 Å². The molecular formula is C7H14BF3O2. The van der Waals surface area contributed by atoms with Crippen molar-refractivity contribution in [2.75, 3.05) is 6.61 Å². The molecule has 13 heavy (non-hydrogen) atoms. The standard InChI is InChI=1S/C7H14O2.BF3/c1-3-5-6-7(8)9-4-2;2-1(3)4/h3-6H2,1-2H3;. The summed E-state index contributed by atoms with van der Waals surface area (Å²) in [6.07, 6.45) is 2.57. The molecule has 0 N–H and O–H groups in total. The van der Waals surface area contributed by atoms with Crippen molar-refractivity contribution in [3.8, 4) is 0 Å². The molecule has 0 bridgehead atoms. The van der Waals surface area contributed by atoms with Crippen LogP contribution in [0.15, 0.2) is 0 Å². The van der Waals surface area contributed by atoms with E-state index in [-0.39, 0.29) is 5.97 Å². The number of ether oxygens (including phenoxy) is 1.